The van der Waals surface area contributed by atoms with Gasteiger partial charge < -0.3 is 9.80 Å². The fourth-order valence-corrected chi connectivity index (χ4v) is 3.38. The zero-order chi connectivity index (χ0) is 18.5. The number of aromatic nitrogens is 1. The van der Waals surface area contributed by atoms with E-state index >= 15 is 0 Å². The molecule has 5 nitrogen and oxygen atoms in total. The van der Waals surface area contributed by atoms with Crippen molar-refractivity contribution in [2.45, 2.75) is 33.4 Å². The molecule has 2 heterocycles. The van der Waals surface area contributed by atoms with E-state index in [-0.39, 0.29) is 17.7 Å². The van der Waals surface area contributed by atoms with Gasteiger partial charge in [0.05, 0.1) is 18.2 Å². The number of pyridine rings is 1. The van der Waals surface area contributed by atoms with Gasteiger partial charge in [-0.15, -0.1) is 0 Å². The molecule has 2 amide bonds. The largest absolute Gasteiger partial charge is 0.342 e. The average Bonchev–Trinajstić information content (AvgIpc) is 3.04. The summed E-state index contributed by atoms with van der Waals surface area (Å²) in [6.07, 6.45) is 2.06. The minimum atomic E-state index is -0.268. The van der Waals surface area contributed by atoms with Crippen molar-refractivity contribution in [1.29, 1.82) is 0 Å². The van der Waals surface area contributed by atoms with E-state index in [0.717, 1.165) is 16.8 Å². The van der Waals surface area contributed by atoms with Gasteiger partial charge in [0.1, 0.15) is 0 Å². The Hall–Kier alpha value is -2.69. The van der Waals surface area contributed by atoms with Crippen molar-refractivity contribution in [3.63, 3.8) is 0 Å². The Labute approximate surface area is 154 Å². The fraction of sp³-hybridized carbons (Fsp3) is 0.381. The summed E-state index contributed by atoms with van der Waals surface area (Å²) in [5, 5.41) is 0. The summed E-state index contributed by atoms with van der Waals surface area (Å²) in [5.41, 5.74) is 3.04. The van der Waals surface area contributed by atoms with Gasteiger partial charge in [-0.05, 0) is 31.0 Å². The SMILES string of the molecule is CCN1C[C@H](C(=O)N(Cc2ccccc2)Cc2ncccc2C)CC1=O. The Kier molecular flexibility index (Phi) is 5.66. The highest BCUT2D eigenvalue weighted by Crippen LogP contribution is 2.22. The minimum absolute atomic E-state index is 0.0307. The van der Waals surface area contributed by atoms with Crippen LogP contribution in [-0.4, -0.2) is 39.7 Å². The van der Waals surface area contributed by atoms with Crippen LogP contribution in [0.4, 0.5) is 0 Å². The molecule has 1 aliphatic heterocycles. The summed E-state index contributed by atoms with van der Waals surface area (Å²) in [7, 11) is 0. The number of nitrogens with zero attached hydrogens (tertiary/aromatic N) is 3. The lowest BCUT2D eigenvalue weighted by Gasteiger charge is -2.26. The van der Waals surface area contributed by atoms with Crippen LogP contribution in [0.5, 0.6) is 0 Å². The van der Waals surface area contributed by atoms with Crippen LogP contribution in [0.25, 0.3) is 0 Å². The number of carbonyl (C=O) groups is 2. The van der Waals surface area contributed by atoms with E-state index in [9.17, 15) is 9.59 Å². The molecule has 0 spiro atoms. The summed E-state index contributed by atoms with van der Waals surface area (Å²) in [5.74, 6) is -0.169. The van der Waals surface area contributed by atoms with Gasteiger partial charge in [0.2, 0.25) is 11.8 Å². The predicted octanol–water partition coefficient (Wildman–Crippen LogP) is 2.79. The van der Waals surface area contributed by atoms with Crippen LogP contribution >= 0.6 is 0 Å². The molecule has 1 saturated heterocycles. The molecular weight excluding hydrogens is 326 g/mol. The second-order valence-electron chi connectivity index (χ2n) is 6.78. The number of rotatable bonds is 6. The van der Waals surface area contributed by atoms with Gasteiger partial charge >= 0.3 is 0 Å². The van der Waals surface area contributed by atoms with E-state index in [4.69, 9.17) is 0 Å². The third kappa shape index (κ3) is 4.10. The summed E-state index contributed by atoms with van der Waals surface area (Å²) in [6.45, 7) is 6.10. The molecule has 5 heteroatoms. The van der Waals surface area contributed by atoms with E-state index in [0.29, 0.717) is 32.6 Å². The molecule has 0 saturated carbocycles. The summed E-state index contributed by atoms with van der Waals surface area (Å²) in [4.78, 5) is 33.3. The van der Waals surface area contributed by atoms with Crippen LogP contribution in [0.1, 0.15) is 30.2 Å². The number of amides is 2. The molecule has 0 N–H and O–H groups in total. The predicted molar refractivity (Wildman–Crippen MR) is 100 cm³/mol. The van der Waals surface area contributed by atoms with E-state index in [1.807, 2.05) is 61.2 Å². The lowest BCUT2D eigenvalue weighted by Crippen LogP contribution is -2.37. The maximum Gasteiger partial charge on any atom is 0.228 e. The lowest BCUT2D eigenvalue weighted by molar-refractivity contribution is -0.137. The van der Waals surface area contributed by atoms with Crippen LogP contribution < -0.4 is 0 Å². The molecule has 0 bridgehead atoms. The van der Waals surface area contributed by atoms with E-state index in [2.05, 4.69) is 4.98 Å². The summed E-state index contributed by atoms with van der Waals surface area (Å²) in [6, 6.07) is 13.9. The quantitative estimate of drug-likeness (QED) is 0.804. The second kappa shape index (κ2) is 8.13. The van der Waals surface area contributed by atoms with E-state index in [1.54, 1.807) is 11.1 Å². The molecule has 3 rings (SSSR count). The van der Waals surface area contributed by atoms with Crippen molar-refractivity contribution in [2.75, 3.05) is 13.1 Å². The van der Waals surface area contributed by atoms with Crippen LogP contribution in [0.3, 0.4) is 0 Å². The lowest BCUT2D eigenvalue weighted by atomic mass is 10.1. The Balaban J connectivity index is 1.81. The third-order valence-corrected chi connectivity index (χ3v) is 4.93. The fourth-order valence-electron chi connectivity index (χ4n) is 3.38. The normalized spacial score (nSPS) is 16.8. The molecule has 0 radical (unpaired) electrons. The highest BCUT2D eigenvalue weighted by atomic mass is 16.2. The van der Waals surface area contributed by atoms with Crippen molar-refractivity contribution in [1.82, 2.24) is 14.8 Å². The zero-order valence-electron chi connectivity index (χ0n) is 15.4. The Morgan fingerprint density at radius 2 is 1.96 bits per heavy atom. The number of carbonyl (C=O) groups excluding carboxylic acids is 2. The Bertz CT molecular complexity index is 776. The van der Waals surface area contributed by atoms with Gasteiger partial charge in [0.25, 0.3) is 0 Å². The minimum Gasteiger partial charge on any atom is -0.342 e. The number of aryl methyl sites for hydroxylation is 1. The molecule has 1 atom stereocenters. The number of likely N-dealkylation sites (tertiary alicyclic amines) is 1. The van der Waals surface area contributed by atoms with Gasteiger partial charge in [-0.1, -0.05) is 36.4 Å². The summed E-state index contributed by atoms with van der Waals surface area (Å²) >= 11 is 0. The van der Waals surface area contributed by atoms with Crippen molar-refractivity contribution in [3.8, 4) is 0 Å². The van der Waals surface area contributed by atoms with Gasteiger partial charge in [-0.2, -0.15) is 0 Å². The topological polar surface area (TPSA) is 53.5 Å². The molecule has 0 aliphatic carbocycles. The molecule has 1 fully saturated rings. The summed E-state index contributed by atoms with van der Waals surface area (Å²) < 4.78 is 0. The van der Waals surface area contributed by atoms with Crippen molar-refractivity contribution in [2.24, 2.45) is 5.92 Å². The van der Waals surface area contributed by atoms with Crippen molar-refractivity contribution >= 4 is 11.8 Å². The second-order valence-corrected chi connectivity index (χ2v) is 6.78. The maximum atomic E-state index is 13.2. The smallest absolute Gasteiger partial charge is 0.228 e. The number of benzene rings is 1. The van der Waals surface area contributed by atoms with Gasteiger partial charge in [-0.3, -0.25) is 14.6 Å². The highest BCUT2D eigenvalue weighted by Gasteiger charge is 2.36. The Morgan fingerprint density at radius 1 is 1.19 bits per heavy atom. The maximum absolute atomic E-state index is 13.2. The first-order valence-corrected chi connectivity index (χ1v) is 9.09. The molecule has 1 aromatic carbocycles. The van der Waals surface area contributed by atoms with Crippen LogP contribution in [-0.2, 0) is 22.7 Å². The van der Waals surface area contributed by atoms with Crippen LogP contribution in [0.15, 0.2) is 48.7 Å². The molecule has 136 valence electrons. The monoisotopic (exact) mass is 351 g/mol. The van der Waals surface area contributed by atoms with Crippen molar-refractivity contribution in [3.05, 3.63) is 65.5 Å². The highest BCUT2D eigenvalue weighted by molar-refractivity contribution is 5.89. The first kappa shape index (κ1) is 18.1. The molecule has 26 heavy (non-hydrogen) atoms. The molecule has 2 aromatic rings. The first-order valence-electron chi connectivity index (χ1n) is 9.09. The third-order valence-electron chi connectivity index (χ3n) is 4.93. The number of hydrogen-bond acceptors (Lipinski definition) is 3. The molecule has 1 aromatic heterocycles. The standard InChI is InChI=1S/C21H25N3O2/c1-3-23-14-18(12-20(23)25)21(26)24(13-17-9-5-4-6-10-17)15-19-16(2)8-7-11-22-19/h4-11,18H,3,12-15H2,1-2H3/t18-/m1/s1. The van der Waals surface area contributed by atoms with Crippen LogP contribution in [0.2, 0.25) is 0 Å². The van der Waals surface area contributed by atoms with Crippen molar-refractivity contribution < 1.29 is 9.59 Å². The molecule has 1 aliphatic rings. The number of hydrogen-bond donors (Lipinski definition) is 0. The first-order chi connectivity index (χ1) is 12.6. The Morgan fingerprint density at radius 3 is 2.62 bits per heavy atom. The molecular formula is C21H25N3O2. The van der Waals surface area contributed by atoms with E-state index in [1.165, 1.54) is 0 Å². The van der Waals surface area contributed by atoms with Gasteiger partial charge in [0, 0.05) is 32.3 Å². The average molecular weight is 351 g/mol. The van der Waals surface area contributed by atoms with Gasteiger partial charge in [0.15, 0.2) is 0 Å². The van der Waals surface area contributed by atoms with E-state index < -0.39 is 0 Å². The van der Waals surface area contributed by atoms with Gasteiger partial charge in [-0.25, -0.2) is 0 Å². The zero-order valence-corrected chi connectivity index (χ0v) is 15.4. The van der Waals surface area contributed by atoms with Crippen LogP contribution in [0, 0.1) is 12.8 Å². The molecule has 0 unspecified atom stereocenters.